The minimum absolute atomic E-state index is 0.296. The summed E-state index contributed by atoms with van der Waals surface area (Å²) in [6.07, 6.45) is 1.57. The molecule has 1 unspecified atom stereocenters. The van der Waals surface area contributed by atoms with Gasteiger partial charge in [-0.1, -0.05) is 18.2 Å². The average Bonchev–Trinajstić information content (AvgIpc) is 2.35. The molecule has 1 heterocycles. The number of carbonyl (C=O) groups is 1. The molecule has 0 bridgehead atoms. The van der Waals surface area contributed by atoms with Crippen LogP contribution in [-0.2, 0) is 4.79 Å². The highest BCUT2D eigenvalue weighted by Gasteiger charge is 2.20. The Balaban J connectivity index is 2.38. The highest BCUT2D eigenvalue weighted by Crippen LogP contribution is 2.23. The summed E-state index contributed by atoms with van der Waals surface area (Å²) in [4.78, 5) is 14.8. The smallest absolute Gasteiger partial charge is 0.355 e. The summed E-state index contributed by atoms with van der Waals surface area (Å²) >= 11 is 0.959. The first-order valence-electron chi connectivity index (χ1n) is 5.09. The van der Waals surface area contributed by atoms with Crippen molar-refractivity contribution < 1.29 is 19.0 Å². The number of carboxylic acids is 1. The van der Waals surface area contributed by atoms with Crippen LogP contribution in [0.3, 0.4) is 0 Å². The first kappa shape index (κ1) is 12.6. The largest absolute Gasteiger partial charge is 0.478 e. The third kappa shape index (κ3) is 2.53. The number of hydrogen-bond acceptors (Lipinski definition) is 4. The van der Waals surface area contributed by atoms with Crippen molar-refractivity contribution in [2.45, 2.75) is 5.44 Å². The summed E-state index contributed by atoms with van der Waals surface area (Å²) < 4.78 is 18.7. The number of halogens is 1. The summed E-state index contributed by atoms with van der Waals surface area (Å²) in [6.45, 7) is 0. The molecule has 0 radical (unpaired) electrons. The Bertz CT molecular complexity index is 591. The van der Waals surface area contributed by atoms with Crippen LogP contribution in [-0.4, -0.2) is 27.8 Å². The molecule has 2 aromatic rings. The lowest BCUT2D eigenvalue weighted by Crippen LogP contribution is -2.23. The number of para-hydroxylation sites is 1. The molecule has 18 heavy (non-hydrogen) atoms. The van der Waals surface area contributed by atoms with E-state index < -0.39 is 17.2 Å². The van der Waals surface area contributed by atoms with Crippen molar-refractivity contribution in [3.63, 3.8) is 0 Å². The quantitative estimate of drug-likeness (QED) is 0.862. The molecule has 94 valence electrons. The van der Waals surface area contributed by atoms with Crippen LogP contribution < -0.4 is 4.74 Å². The van der Waals surface area contributed by atoms with Crippen LogP contribution in [0, 0.1) is 5.82 Å². The molecule has 0 aliphatic rings. The first-order chi connectivity index (χ1) is 8.61. The van der Waals surface area contributed by atoms with Crippen molar-refractivity contribution in [3.8, 4) is 5.88 Å². The number of ether oxygens (including phenoxy) is 1. The molecule has 0 saturated heterocycles. The molecule has 0 aliphatic carbocycles. The monoisotopic (exact) mass is 267 g/mol. The molecule has 1 atom stereocenters. The predicted molar refractivity (Wildman–Crippen MR) is 67.3 cm³/mol. The normalized spacial score (nSPS) is 12.3. The number of fused-ring (bicyclic) bond motifs is 1. The zero-order valence-electron chi connectivity index (χ0n) is 9.46. The molecule has 0 spiro atoms. The molecule has 1 aromatic carbocycles. The molecule has 0 aliphatic heterocycles. The fraction of sp³-hybridized carbons (Fsp3) is 0.167. The summed E-state index contributed by atoms with van der Waals surface area (Å²) in [6, 6.07) is 8.23. The number of thioether (sulfide) groups is 1. The van der Waals surface area contributed by atoms with E-state index in [-0.39, 0.29) is 5.88 Å². The van der Waals surface area contributed by atoms with Crippen molar-refractivity contribution in [2.75, 3.05) is 6.26 Å². The Morgan fingerprint density at radius 3 is 2.89 bits per heavy atom. The lowest BCUT2D eigenvalue weighted by atomic mass is 10.2. The van der Waals surface area contributed by atoms with Gasteiger partial charge in [-0.15, -0.1) is 11.8 Å². The van der Waals surface area contributed by atoms with Gasteiger partial charge in [0.2, 0.25) is 5.44 Å². The van der Waals surface area contributed by atoms with E-state index in [2.05, 4.69) is 4.98 Å². The Labute approximate surface area is 107 Å². The van der Waals surface area contributed by atoms with E-state index in [0.29, 0.717) is 10.9 Å². The van der Waals surface area contributed by atoms with Gasteiger partial charge in [-0.2, -0.15) is 0 Å². The van der Waals surface area contributed by atoms with Gasteiger partial charge in [-0.05, 0) is 18.4 Å². The van der Waals surface area contributed by atoms with Gasteiger partial charge in [0.15, 0.2) is 5.82 Å². The highest BCUT2D eigenvalue weighted by molar-refractivity contribution is 7.99. The number of pyridine rings is 1. The van der Waals surface area contributed by atoms with E-state index in [1.54, 1.807) is 30.5 Å². The fourth-order valence-corrected chi connectivity index (χ4v) is 1.84. The van der Waals surface area contributed by atoms with E-state index in [1.165, 1.54) is 6.07 Å². The number of nitrogens with zero attached hydrogens (tertiary/aromatic N) is 1. The molecule has 2 rings (SSSR count). The molecule has 0 saturated carbocycles. The minimum Gasteiger partial charge on any atom is -0.478 e. The molecule has 0 amide bonds. The zero-order valence-corrected chi connectivity index (χ0v) is 10.3. The third-order valence-electron chi connectivity index (χ3n) is 2.28. The van der Waals surface area contributed by atoms with Crippen LogP contribution in [0.1, 0.15) is 0 Å². The van der Waals surface area contributed by atoms with Gasteiger partial charge in [-0.25, -0.2) is 14.2 Å². The highest BCUT2D eigenvalue weighted by atomic mass is 32.2. The molecule has 1 aromatic heterocycles. The van der Waals surface area contributed by atoms with Crippen LogP contribution in [0.5, 0.6) is 5.88 Å². The van der Waals surface area contributed by atoms with Gasteiger partial charge in [0.05, 0.1) is 5.52 Å². The third-order valence-corrected chi connectivity index (χ3v) is 3.01. The topological polar surface area (TPSA) is 59.4 Å². The van der Waals surface area contributed by atoms with E-state index >= 15 is 0 Å². The Morgan fingerprint density at radius 2 is 2.22 bits per heavy atom. The second-order valence-corrected chi connectivity index (χ2v) is 4.39. The van der Waals surface area contributed by atoms with Gasteiger partial charge in [-0.3, -0.25) is 0 Å². The summed E-state index contributed by atoms with van der Waals surface area (Å²) in [5.74, 6) is -2.14. The van der Waals surface area contributed by atoms with E-state index in [4.69, 9.17) is 9.84 Å². The predicted octanol–water partition coefficient (Wildman–Crippen LogP) is 2.53. The van der Waals surface area contributed by atoms with Crippen molar-refractivity contribution in [3.05, 3.63) is 36.1 Å². The second kappa shape index (κ2) is 5.22. The maximum Gasteiger partial charge on any atom is 0.355 e. The molecule has 1 N–H and O–H groups in total. The van der Waals surface area contributed by atoms with E-state index in [9.17, 15) is 9.18 Å². The van der Waals surface area contributed by atoms with Crippen LogP contribution in [0.4, 0.5) is 4.39 Å². The minimum atomic E-state index is -1.17. The molecule has 4 nitrogen and oxygen atoms in total. The summed E-state index contributed by atoms with van der Waals surface area (Å²) in [5, 5.41) is 9.48. The number of hydrogen-bond donors (Lipinski definition) is 1. The lowest BCUT2D eigenvalue weighted by molar-refractivity contribution is -0.141. The standard InChI is InChI=1S/C12H10FNO3S/c1-18-12(11(15)16)17-10-8(13)6-7-4-2-3-5-9(7)14-10/h2-6,12H,1H3,(H,15,16). The molecular formula is C12H10FNO3S. The van der Waals surface area contributed by atoms with Crippen LogP contribution >= 0.6 is 11.8 Å². The average molecular weight is 267 g/mol. The zero-order chi connectivity index (χ0) is 13.1. The number of benzene rings is 1. The molecular weight excluding hydrogens is 257 g/mol. The van der Waals surface area contributed by atoms with Gasteiger partial charge in [0.1, 0.15) is 0 Å². The molecule has 6 heteroatoms. The van der Waals surface area contributed by atoms with Crippen molar-refractivity contribution >= 4 is 28.6 Å². The maximum absolute atomic E-state index is 13.7. The maximum atomic E-state index is 13.7. The van der Waals surface area contributed by atoms with Gasteiger partial charge < -0.3 is 9.84 Å². The van der Waals surface area contributed by atoms with Gasteiger partial charge in [0.25, 0.3) is 5.88 Å². The lowest BCUT2D eigenvalue weighted by Gasteiger charge is -2.12. The second-order valence-electron chi connectivity index (χ2n) is 3.49. The van der Waals surface area contributed by atoms with Crippen molar-refractivity contribution in [1.82, 2.24) is 4.98 Å². The van der Waals surface area contributed by atoms with E-state index in [1.807, 2.05) is 0 Å². The van der Waals surface area contributed by atoms with Crippen molar-refractivity contribution in [1.29, 1.82) is 0 Å². The first-order valence-corrected chi connectivity index (χ1v) is 6.38. The number of aliphatic carboxylic acids is 1. The van der Waals surface area contributed by atoms with Crippen LogP contribution in [0.15, 0.2) is 30.3 Å². The van der Waals surface area contributed by atoms with Gasteiger partial charge >= 0.3 is 5.97 Å². The summed E-state index contributed by atoms with van der Waals surface area (Å²) in [7, 11) is 0. The number of rotatable bonds is 4. The SMILES string of the molecule is CSC(Oc1nc2ccccc2cc1F)C(=O)O. The summed E-state index contributed by atoms with van der Waals surface area (Å²) in [5.41, 5.74) is -0.618. The van der Waals surface area contributed by atoms with E-state index in [0.717, 1.165) is 11.8 Å². The van der Waals surface area contributed by atoms with Crippen molar-refractivity contribution in [2.24, 2.45) is 0 Å². The Kier molecular flexibility index (Phi) is 3.66. The Morgan fingerprint density at radius 1 is 1.50 bits per heavy atom. The molecule has 0 fully saturated rings. The van der Waals surface area contributed by atoms with Gasteiger partial charge in [0, 0.05) is 5.39 Å². The number of aromatic nitrogens is 1. The number of carboxylic acid groups (broad SMARTS) is 1. The Hall–Kier alpha value is -1.82. The fourth-order valence-electron chi connectivity index (χ4n) is 1.46. The van der Waals surface area contributed by atoms with Crippen LogP contribution in [0.2, 0.25) is 0 Å². The van der Waals surface area contributed by atoms with Crippen LogP contribution in [0.25, 0.3) is 10.9 Å².